The van der Waals surface area contributed by atoms with E-state index in [1.165, 1.54) is 0 Å². The summed E-state index contributed by atoms with van der Waals surface area (Å²) in [4.78, 5) is 11.8. The largest absolute Gasteiger partial charge is 0.601 e. The van der Waals surface area contributed by atoms with Crippen LogP contribution in [-0.4, -0.2) is 50.9 Å². The molecule has 0 saturated carbocycles. The second-order valence-electron chi connectivity index (χ2n) is 5.07. The maximum atomic E-state index is 11.8. The van der Waals surface area contributed by atoms with Crippen molar-refractivity contribution in [1.82, 2.24) is 0 Å². The molecule has 0 fully saturated rings. The summed E-state index contributed by atoms with van der Waals surface area (Å²) in [6, 6.07) is 0. The monoisotopic (exact) mass is 264 g/mol. The van der Waals surface area contributed by atoms with Crippen LogP contribution < -0.4 is 4.89 Å². The van der Waals surface area contributed by atoms with Gasteiger partial charge in [-0.2, -0.15) is 4.52 Å². The van der Waals surface area contributed by atoms with Crippen molar-refractivity contribution in [3.63, 3.8) is 0 Å². The fraction of sp³-hybridized carbons (Fsp3) is 0.917. The quantitative estimate of drug-likeness (QED) is 0.362. The highest BCUT2D eigenvalue weighted by Gasteiger charge is 2.21. The zero-order valence-corrected chi connectivity index (χ0v) is 12.8. The van der Waals surface area contributed by atoms with Gasteiger partial charge in [-0.05, 0) is 13.3 Å². The van der Waals surface area contributed by atoms with Gasteiger partial charge in [0.15, 0.2) is 6.54 Å². The lowest BCUT2D eigenvalue weighted by molar-refractivity contribution is -0.861. The molecule has 0 amide bonds. The van der Waals surface area contributed by atoms with Gasteiger partial charge in [0.2, 0.25) is 0 Å². The number of quaternary nitrogens is 1. The first kappa shape index (κ1) is 17.0. The molecule has 5 heteroatoms. The van der Waals surface area contributed by atoms with Crippen LogP contribution in [0.2, 0.25) is 0 Å². The van der Waals surface area contributed by atoms with Gasteiger partial charge in [-0.25, -0.2) is 0 Å². The Morgan fingerprint density at radius 1 is 1.18 bits per heavy atom. The van der Waals surface area contributed by atoms with Crippen molar-refractivity contribution in [2.45, 2.75) is 33.1 Å². The Balaban J connectivity index is 4.36. The van der Waals surface area contributed by atoms with Crippen LogP contribution in [0.4, 0.5) is 0 Å². The van der Waals surface area contributed by atoms with E-state index in [2.05, 4.69) is 6.92 Å². The Hall–Kier alpha value is 0.01000. The van der Waals surface area contributed by atoms with E-state index < -0.39 is 8.00 Å². The van der Waals surface area contributed by atoms with Gasteiger partial charge in [0.1, 0.15) is 0 Å². The Morgan fingerprint density at radius 3 is 2.29 bits per heavy atom. The SMILES string of the molecule is CCCCCO/C(C[N+](C)(C)C)=[P+](\[O-])OCC. The Bertz CT molecular complexity index is 236. The molecule has 4 nitrogen and oxygen atoms in total. The molecule has 0 aromatic rings. The van der Waals surface area contributed by atoms with E-state index in [1.54, 1.807) is 0 Å². The lowest BCUT2D eigenvalue weighted by Crippen LogP contribution is -2.40. The molecule has 17 heavy (non-hydrogen) atoms. The van der Waals surface area contributed by atoms with Crippen molar-refractivity contribution in [2.75, 3.05) is 40.9 Å². The molecular weight excluding hydrogens is 237 g/mol. The predicted molar refractivity (Wildman–Crippen MR) is 71.9 cm³/mol. The molecule has 0 aromatic carbocycles. The molecule has 0 saturated heterocycles. The highest BCUT2D eigenvalue weighted by atomic mass is 31.1. The Morgan fingerprint density at radius 2 is 1.82 bits per heavy atom. The summed E-state index contributed by atoms with van der Waals surface area (Å²) in [6.07, 6.45) is 3.31. The van der Waals surface area contributed by atoms with Crippen molar-refractivity contribution in [2.24, 2.45) is 0 Å². The molecule has 0 heterocycles. The summed E-state index contributed by atoms with van der Waals surface area (Å²) < 4.78 is 11.5. The molecule has 0 aliphatic heterocycles. The van der Waals surface area contributed by atoms with Gasteiger partial charge < -0.3 is 14.1 Å². The minimum absolute atomic E-state index is 0.453. The standard InChI is InChI=1S/C12H27NO3P/c1-6-8-9-10-15-12(11-13(3,4)5)17(14)16-7-2/h6-11H2,1-5H3/q+1. The second-order valence-corrected chi connectivity index (χ2v) is 6.34. The van der Waals surface area contributed by atoms with Crippen LogP contribution in [0, 0.1) is 0 Å². The number of ether oxygens (including phenoxy) is 1. The Kier molecular flexibility index (Phi) is 9.01. The molecule has 1 unspecified atom stereocenters. The predicted octanol–water partition coefficient (Wildman–Crippen LogP) is 1.74. The van der Waals surface area contributed by atoms with E-state index in [1.807, 2.05) is 28.1 Å². The molecule has 0 radical (unpaired) electrons. The molecule has 0 rings (SSSR count). The van der Waals surface area contributed by atoms with Crippen molar-refractivity contribution >= 4 is 13.5 Å². The van der Waals surface area contributed by atoms with E-state index in [9.17, 15) is 4.89 Å². The highest BCUT2D eigenvalue weighted by Crippen LogP contribution is 2.18. The van der Waals surface area contributed by atoms with Gasteiger partial charge >= 0.3 is 5.48 Å². The fourth-order valence-electron chi connectivity index (χ4n) is 1.29. The smallest absolute Gasteiger partial charge is 0.310 e. The first-order chi connectivity index (χ1) is 7.90. The third-order valence-electron chi connectivity index (χ3n) is 2.08. The fourth-order valence-corrected chi connectivity index (χ4v) is 2.41. The molecular formula is C12H27NO3P+. The molecule has 0 bridgehead atoms. The third-order valence-corrected chi connectivity index (χ3v) is 3.25. The maximum absolute atomic E-state index is 11.8. The van der Waals surface area contributed by atoms with Crippen LogP contribution in [-0.2, 0) is 9.26 Å². The maximum Gasteiger partial charge on any atom is 0.310 e. The topological polar surface area (TPSA) is 41.5 Å². The summed E-state index contributed by atoms with van der Waals surface area (Å²) >= 11 is 0. The van der Waals surface area contributed by atoms with E-state index in [0.29, 0.717) is 29.7 Å². The van der Waals surface area contributed by atoms with Gasteiger partial charge in [-0.1, -0.05) is 19.8 Å². The summed E-state index contributed by atoms with van der Waals surface area (Å²) in [5, 5.41) is 0. The van der Waals surface area contributed by atoms with Crippen molar-refractivity contribution in [1.29, 1.82) is 0 Å². The second kappa shape index (κ2) is 9.01. The lowest BCUT2D eigenvalue weighted by Gasteiger charge is -2.23. The molecule has 0 aliphatic carbocycles. The first-order valence-corrected chi connectivity index (χ1v) is 7.47. The number of rotatable bonds is 9. The number of unbranched alkanes of at least 4 members (excludes halogenated alkanes) is 2. The molecule has 0 aromatic heterocycles. The lowest BCUT2D eigenvalue weighted by atomic mass is 10.3. The van der Waals surface area contributed by atoms with E-state index in [4.69, 9.17) is 9.26 Å². The highest BCUT2D eigenvalue weighted by molar-refractivity contribution is 7.46. The molecule has 0 spiro atoms. The van der Waals surface area contributed by atoms with Gasteiger partial charge in [0.05, 0.1) is 34.4 Å². The zero-order valence-electron chi connectivity index (χ0n) is 11.9. The molecule has 102 valence electrons. The van der Waals surface area contributed by atoms with Crippen LogP contribution in [0.25, 0.3) is 0 Å². The minimum Gasteiger partial charge on any atom is -0.601 e. The normalized spacial score (nSPS) is 13.8. The zero-order chi connectivity index (χ0) is 13.3. The van der Waals surface area contributed by atoms with Crippen LogP contribution >= 0.6 is 8.00 Å². The Labute approximate surface area is 107 Å². The van der Waals surface area contributed by atoms with Gasteiger partial charge in [0, 0.05) is 0 Å². The molecule has 0 aliphatic rings. The number of likely N-dealkylation sites (N-methyl/N-ethyl adjacent to an activating group) is 1. The number of nitrogens with zero attached hydrogens (tertiary/aromatic N) is 1. The summed E-state index contributed by atoms with van der Waals surface area (Å²) in [6.45, 7) is 5.71. The molecule has 0 N–H and O–H groups in total. The van der Waals surface area contributed by atoms with Crippen LogP contribution in [0.3, 0.4) is 0 Å². The summed E-state index contributed by atoms with van der Waals surface area (Å²) in [5.41, 5.74) is 0.588. The number of hydrogen-bond acceptors (Lipinski definition) is 3. The van der Waals surface area contributed by atoms with E-state index in [-0.39, 0.29) is 0 Å². The van der Waals surface area contributed by atoms with Gasteiger partial charge in [0.25, 0.3) is 8.00 Å². The van der Waals surface area contributed by atoms with Crippen molar-refractivity contribution in [3.8, 4) is 0 Å². The third kappa shape index (κ3) is 9.69. The van der Waals surface area contributed by atoms with Crippen molar-refractivity contribution in [3.05, 3.63) is 0 Å². The summed E-state index contributed by atoms with van der Waals surface area (Å²) in [5.74, 6) is 0. The first-order valence-electron chi connectivity index (χ1n) is 6.30. The van der Waals surface area contributed by atoms with Crippen LogP contribution in [0.5, 0.6) is 0 Å². The average Bonchev–Trinajstić information content (AvgIpc) is 2.21. The minimum atomic E-state index is -1.80. The van der Waals surface area contributed by atoms with Crippen LogP contribution in [0.15, 0.2) is 0 Å². The average molecular weight is 264 g/mol. The van der Waals surface area contributed by atoms with Gasteiger partial charge in [-0.15, -0.1) is 0 Å². The van der Waals surface area contributed by atoms with Crippen LogP contribution in [0.1, 0.15) is 33.1 Å². The van der Waals surface area contributed by atoms with Crippen molar-refractivity contribution < 1.29 is 18.6 Å². The molecule has 1 atom stereocenters. The summed E-state index contributed by atoms with van der Waals surface area (Å²) in [7, 11) is 4.34. The van der Waals surface area contributed by atoms with E-state index >= 15 is 0 Å². The van der Waals surface area contributed by atoms with Gasteiger partial charge in [-0.3, -0.25) is 0 Å². The number of hydrogen-bond donors (Lipinski definition) is 0. The van der Waals surface area contributed by atoms with E-state index in [0.717, 1.165) is 19.3 Å².